The Hall–Kier alpha value is -1.82. The predicted octanol–water partition coefficient (Wildman–Crippen LogP) is 0.450. The number of amides is 1. The Labute approximate surface area is 91.4 Å². The van der Waals surface area contributed by atoms with Crippen LogP contribution in [0.25, 0.3) is 0 Å². The molecular formula is C10H11NO5. The van der Waals surface area contributed by atoms with Crippen LogP contribution in [0.4, 0.5) is 0 Å². The van der Waals surface area contributed by atoms with Crippen molar-refractivity contribution in [3.05, 3.63) is 23.7 Å². The molecule has 2 rings (SSSR count). The molecule has 2 heterocycles. The van der Waals surface area contributed by atoms with Crippen molar-refractivity contribution in [1.29, 1.82) is 0 Å². The van der Waals surface area contributed by atoms with Crippen LogP contribution in [0.5, 0.6) is 0 Å². The summed E-state index contributed by atoms with van der Waals surface area (Å²) in [6.07, 6.45) is 0. The van der Waals surface area contributed by atoms with Crippen LogP contribution in [0.2, 0.25) is 0 Å². The number of furan rings is 1. The third-order valence-electron chi connectivity index (χ3n) is 2.33. The van der Waals surface area contributed by atoms with E-state index in [4.69, 9.17) is 14.3 Å². The molecule has 0 spiro atoms. The van der Waals surface area contributed by atoms with Gasteiger partial charge in [0.1, 0.15) is 0 Å². The first-order valence-electron chi connectivity index (χ1n) is 4.88. The molecule has 0 aromatic carbocycles. The fraction of sp³-hybridized carbons (Fsp3) is 0.400. The number of aromatic carboxylic acids is 1. The van der Waals surface area contributed by atoms with Gasteiger partial charge in [-0.3, -0.25) is 4.79 Å². The zero-order valence-corrected chi connectivity index (χ0v) is 8.51. The highest BCUT2D eigenvalue weighted by Gasteiger charge is 2.22. The molecule has 1 saturated heterocycles. The van der Waals surface area contributed by atoms with Crippen LogP contribution in [0.15, 0.2) is 16.5 Å². The van der Waals surface area contributed by atoms with Crippen LogP contribution >= 0.6 is 0 Å². The zero-order chi connectivity index (χ0) is 11.5. The number of carbonyl (C=O) groups is 2. The van der Waals surface area contributed by atoms with Gasteiger partial charge in [0.05, 0.1) is 13.2 Å². The van der Waals surface area contributed by atoms with Crippen LogP contribution in [0.1, 0.15) is 21.1 Å². The molecule has 0 unspecified atom stereocenters. The van der Waals surface area contributed by atoms with Gasteiger partial charge >= 0.3 is 5.97 Å². The molecule has 6 heteroatoms. The molecule has 0 aliphatic carbocycles. The number of hydrogen-bond acceptors (Lipinski definition) is 4. The average Bonchev–Trinajstić information content (AvgIpc) is 2.78. The average molecular weight is 225 g/mol. The van der Waals surface area contributed by atoms with E-state index >= 15 is 0 Å². The largest absolute Gasteiger partial charge is 0.475 e. The van der Waals surface area contributed by atoms with Gasteiger partial charge in [0.15, 0.2) is 5.76 Å². The predicted molar refractivity (Wildman–Crippen MR) is 52.4 cm³/mol. The molecule has 0 saturated carbocycles. The number of carbonyl (C=O) groups excluding carboxylic acids is 1. The number of nitrogens with zero attached hydrogens (tertiary/aromatic N) is 1. The van der Waals surface area contributed by atoms with Gasteiger partial charge in [0.25, 0.3) is 5.91 Å². The molecule has 1 aliphatic heterocycles. The quantitative estimate of drug-likeness (QED) is 0.790. The van der Waals surface area contributed by atoms with Gasteiger partial charge in [-0.1, -0.05) is 0 Å². The van der Waals surface area contributed by atoms with Gasteiger partial charge in [0.2, 0.25) is 5.76 Å². The molecule has 1 amide bonds. The Morgan fingerprint density at radius 2 is 1.81 bits per heavy atom. The van der Waals surface area contributed by atoms with E-state index in [-0.39, 0.29) is 17.4 Å². The zero-order valence-electron chi connectivity index (χ0n) is 8.51. The highest BCUT2D eigenvalue weighted by Crippen LogP contribution is 2.11. The summed E-state index contributed by atoms with van der Waals surface area (Å²) in [6, 6.07) is 2.65. The summed E-state index contributed by atoms with van der Waals surface area (Å²) in [6.45, 7) is 2.00. The summed E-state index contributed by atoms with van der Waals surface area (Å²) in [5, 5.41) is 8.65. The second-order valence-electron chi connectivity index (χ2n) is 3.37. The van der Waals surface area contributed by atoms with Gasteiger partial charge in [-0.15, -0.1) is 0 Å². The molecule has 1 fully saturated rings. The lowest BCUT2D eigenvalue weighted by molar-refractivity contribution is 0.0281. The highest BCUT2D eigenvalue weighted by atomic mass is 16.5. The molecule has 16 heavy (non-hydrogen) atoms. The van der Waals surface area contributed by atoms with Crippen LogP contribution in [-0.2, 0) is 4.74 Å². The van der Waals surface area contributed by atoms with Gasteiger partial charge in [-0.2, -0.15) is 0 Å². The number of rotatable bonds is 2. The maximum Gasteiger partial charge on any atom is 0.371 e. The lowest BCUT2D eigenvalue weighted by atomic mass is 10.3. The third-order valence-corrected chi connectivity index (χ3v) is 2.33. The molecule has 0 bridgehead atoms. The Bertz CT molecular complexity index is 405. The van der Waals surface area contributed by atoms with Crippen LogP contribution < -0.4 is 0 Å². The molecule has 1 aliphatic rings. The summed E-state index contributed by atoms with van der Waals surface area (Å²) in [7, 11) is 0. The number of carboxylic acid groups (broad SMARTS) is 1. The topological polar surface area (TPSA) is 80.0 Å². The van der Waals surface area contributed by atoms with Gasteiger partial charge < -0.3 is 19.2 Å². The minimum atomic E-state index is -1.18. The molecule has 86 valence electrons. The first kappa shape index (κ1) is 10.7. The van der Waals surface area contributed by atoms with Gasteiger partial charge in [0, 0.05) is 13.1 Å². The van der Waals surface area contributed by atoms with Crippen LogP contribution in [0.3, 0.4) is 0 Å². The van der Waals surface area contributed by atoms with E-state index in [1.54, 1.807) is 4.90 Å². The van der Waals surface area contributed by atoms with Crippen molar-refractivity contribution < 1.29 is 23.8 Å². The van der Waals surface area contributed by atoms with Gasteiger partial charge in [-0.25, -0.2) is 4.79 Å². The number of morpholine rings is 1. The van der Waals surface area contributed by atoms with Gasteiger partial charge in [-0.05, 0) is 12.1 Å². The van der Waals surface area contributed by atoms with E-state index < -0.39 is 5.97 Å². The van der Waals surface area contributed by atoms with E-state index in [0.717, 1.165) is 0 Å². The molecule has 0 atom stereocenters. The van der Waals surface area contributed by atoms with Crippen LogP contribution in [-0.4, -0.2) is 48.2 Å². The Morgan fingerprint density at radius 3 is 2.38 bits per heavy atom. The molecule has 1 N–H and O–H groups in total. The van der Waals surface area contributed by atoms with E-state index in [9.17, 15) is 9.59 Å². The molecule has 6 nitrogen and oxygen atoms in total. The number of carboxylic acids is 1. The first-order valence-corrected chi connectivity index (χ1v) is 4.88. The standard InChI is InChI=1S/C10H11NO5/c12-9(11-3-5-15-6-4-11)7-1-2-8(16-7)10(13)14/h1-2H,3-6H2,(H,13,14). The molecule has 1 aromatic heterocycles. The lowest BCUT2D eigenvalue weighted by Gasteiger charge is -2.25. The first-order chi connectivity index (χ1) is 7.68. The Balaban J connectivity index is 2.10. The second kappa shape index (κ2) is 4.36. The number of hydrogen-bond donors (Lipinski definition) is 1. The SMILES string of the molecule is O=C(O)c1ccc(C(=O)N2CCOCC2)o1. The minimum Gasteiger partial charge on any atom is -0.475 e. The second-order valence-corrected chi connectivity index (χ2v) is 3.37. The minimum absolute atomic E-state index is 0.0549. The summed E-state index contributed by atoms with van der Waals surface area (Å²) >= 11 is 0. The van der Waals surface area contributed by atoms with Crippen molar-refractivity contribution in [2.75, 3.05) is 26.3 Å². The molecular weight excluding hydrogens is 214 g/mol. The van der Waals surface area contributed by atoms with Crippen molar-refractivity contribution in [2.45, 2.75) is 0 Å². The van der Waals surface area contributed by atoms with Crippen molar-refractivity contribution in [3.8, 4) is 0 Å². The number of ether oxygens (including phenoxy) is 1. The van der Waals surface area contributed by atoms with Crippen LogP contribution in [0, 0.1) is 0 Å². The molecule has 1 aromatic rings. The summed E-state index contributed by atoms with van der Waals surface area (Å²) in [5.74, 6) is -1.65. The highest BCUT2D eigenvalue weighted by molar-refractivity contribution is 5.93. The van der Waals surface area contributed by atoms with Crippen molar-refractivity contribution >= 4 is 11.9 Å². The smallest absolute Gasteiger partial charge is 0.371 e. The van der Waals surface area contributed by atoms with E-state index in [0.29, 0.717) is 26.3 Å². The Morgan fingerprint density at radius 1 is 1.19 bits per heavy atom. The summed E-state index contributed by atoms with van der Waals surface area (Å²) < 4.78 is 10.0. The van der Waals surface area contributed by atoms with E-state index in [1.807, 2.05) is 0 Å². The summed E-state index contributed by atoms with van der Waals surface area (Å²) in [5.41, 5.74) is 0. The lowest BCUT2D eigenvalue weighted by Crippen LogP contribution is -2.40. The van der Waals surface area contributed by atoms with Crippen molar-refractivity contribution in [1.82, 2.24) is 4.90 Å². The maximum atomic E-state index is 11.8. The maximum absolute atomic E-state index is 11.8. The Kier molecular flexibility index (Phi) is 2.91. The fourth-order valence-corrected chi connectivity index (χ4v) is 1.49. The van der Waals surface area contributed by atoms with E-state index in [1.165, 1.54) is 12.1 Å². The third kappa shape index (κ3) is 2.06. The monoisotopic (exact) mass is 225 g/mol. The van der Waals surface area contributed by atoms with Crippen molar-refractivity contribution in [3.63, 3.8) is 0 Å². The summed E-state index contributed by atoms with van der Waals surface area (Å²) in [4.78, 5) is 24.0. The van der Waals surface area contributed by atoms with Crippen molar-refractivity contribution in [2.24, 2.45) is 0 Å². The normalized spacial score (nSPS) is 16.1. The van der Waals surface area contributed by atoms with E-state index in [2.05, 4.69) is 0 Å². The fourth-order valence-electron chi connectivity index (χ4n) is 1.49. The molecule has 0 radical (unpaired) electrons.